The molecule has 0 fully saturated rings. The highest BCUT2D eigenvalue weighted by atomic mass is 35.5. The average Bonchev–Trinajstić information content (AvgIpc) is 2.12. The molecule has 0 saturated carbocycles. The zero-order chi connectivity index (χ0) is 11.4. The van der Waals surface area contributed by atoms with Crippen molar-refractivity contribution >= 4 is 35.1 Å². The van der Waals surface area contributed by atoms with Gasteiger partial charge in [0, 0.05) is 14.1 Å². The van der Waals surface area contributed by atoms with Crippen LogP contribution < -0.4 is 5.32 Å². The van der Waals surface area contributed by atoms with Crippen molar-refractivity contribution in [1.29, 1.82) is 0 Å². The van der Waals surface area contributed by atoms with Crippen LogP contribution in [-0.4, -0.2) is 46.4 Å². The minimum absolute atomic E-state index is 0.0187. The van der Waals surface area contributed by atoms with E-state index in [0.717, 1.165) is 0 Å². The summed E-state index contributed by atoms with van der Waals surface area (Å²) in [5.74, 6) is 0.0675. The van der Waals surface area contributed by atoms with Gasteiger partial charge in [-0.25, -0.2) is 0 Å². The summed E-state index contributed by atoms with van der Waals surface area (Å²) in [4.78, 5) is 23.7. The molecule has 0 aromatic carbocycles. The molecule has 15 heavy (non-hydrogen) atoms. The van der Waals surface area contributed by atoms with Crippen molar-refractivity contribution in [3.05, 3.63) is 10.6 Å². The number of amides is 1. The second-order valence-corrected chi connectivity index (χ2v) is 3.51. The molecule has 1 N–H and O–H groups in total. The Bertz CT molecular complexity index is 350. The third-order valence-corrected chi connectivity index (χ3v) is 1.82. The van der Waals surface area contributed by atoms with Gasteiger partial charge in [0.05, 0.1) is 6.54 Å². The van der Waals surface area contributed by atoms with E-state index in [0.29, 0.717) is 0 Å². The molecule has 0 unspecified atom stereocenters. The van der Waals surface area contributed by atoms with Gasteiger partial charge in [0.25, 0.3) is 0 Å². The number of nitrogens with one attached hydrogen (secondary N) is 1. The number of likely N-dealkylation sites (N-methyl/N-ethyl adjacent to an activating group) is 1. The lowest BCUT2D eigenvalue weighted by molar-refractivity contribution is -0.126. The van der Waals surface area contributed by atoms with Gasteiger partial charge in [-0.05, 0) is 23.2 Å². The Labute approximate surface area is 96.6 Å². The molecule has 1 amide bonds. The van der Waals surface area contributed by atoms with E-state index in [1.165, 1.54) is 4.90 Å². The lowest BCUT2D eigenvalue weighted by Gasteiger charge is -2.10. The monoisotopic (exact) mass is 249 g/mol. The van der Waals surface area contributed by atoms with Crippen molar-refractivity contribution in [1.82, 2.24) is 19.9 Å². The van der Waals surface area contributed by atoms with Gasteiger partial charge in [-0.3, -0.25) is 4.79 Å². The third kappa shape index (κ3) is 3.85. The average molecular weight is 250 g/mol. The highest BCUT2D eigenvalue weighted by Gasteiger charge is 2.06. The van der Waals surface area contributed by atoms with E-state index in [1.54, 1.807) is 14.1 Å². The molecule has 0 aliphatic carbocycles. The maximum absolute atomic E-state index is 11.2. The number of anilines is 1. The first kappa shape index (κ1) is 11.9. The summed E-state index contributed by atoms with van der Waals surface area (Å²) in [6.45, 7) is 0.0731. The minimum Gasteiger partial charge on any atom is -0.347 e. The molecule has 1 heterocycles. The fourth-order valence-electron chi connectivity index (χ4n) is 0.718. The van der Waals surface area contributed by atoms with Crippen LogP contribution in [0.4, 0.5) is 5.95 Å². The summed E-state index contributed by atoms with van der Waals surface area (Å²) < 4.78 is 0. The highest BCUT2D eigenvalue weighted by molar-refractivity contribution is 6.31. The number of halogens is 2. The van der Waals surface area contributed by atoms with E-state index in [4.69, 9.17) is 23.2 Å². The quantitative estimate of drug-likeness (QED) is 0.854. The topological polar surface area (TPSA) is 71.0 Å². The first-order chi connectivity index (χ1) is 6.99. The Hall–Kier alpha value is -1.14. The van der Waals surface area contributed by atoms with Crippen LogP contribution in [0.5, 0.6) is 0 Å². The zero-order valence-corrected chi connectivity index (χ0v) is 9.67. The predicted molar refractivity (Wildman–Crippen MR) is 57.0 cm³/mol. The van der Waals surface area contributed by atoms with Gasteiger partial charge in [0.2, 0.25) is 22.4 Å². The first-order valence-corrected chi connectivity index (χ1v) is 4.75. The molecular weight excluding hydrogens is 241 g/mol. The molecular formula is C7H9Cl2N5O. The van der Waals surface area contributed by atoms with Crippen molar-refractivity contribution in [3.63, 3.8) is 0 Å². The second kappa shape index (κ2) is 5.09. The van der Waals surface area contributed by atoms with E-state index in [9.17, 15) is 4.79 Å². The van der Waals surface area contributed by atoms with Gasteiger partial charge >= 0.3 is 0 Å². The van der Waals surface area contributed by atoms with Crippen LogP contribution in [0.15, 0.2) is 0 Å². The molecule has 0 bridgehead atoms. The predicted octanol–water partition coefficient (Wildman–Crippen LogP) is 0.678. The highest BCUT2D eigenvalue weighted by Crippen LogP contribution is 2.08. The Balaban J connectivity index is 2.61. The number of hydrogen-bond donors (Lipinski definition) is 1. The van der Waals surface area contributed by atoms with Gasteiger partial charge in [-0.1, -0.05) is 0 Å². The fraction of sp³-hybridized carbons (Fsp3) is 0.429. The molecule has 8 heteroatoms. The maximum Gasteiger partial charge on any atom is 0.241 e. The van der Waals surface area contributed by atoms with Crippen molar-refractivity contribution in [2.45, 2.75) is 0 Å². The summed E-state index contributed by atoms with van der Waals surface area (Å²) in [5.41, 5.74) is 0. The van der Waals surface area contributed by atoms with Gasteiger partial charge < -0.3 is 10.2 Å². The maximum atomic E-state index is 11.2. The van der Waals surface area contributed by atoms with Crippen molar-refractivity contribution in [2.24, 2.45) is 0 Å². The molecule has 0 spiro atoms. The van der Waals surface area contributed by atoms with Gasteiger partial charge in [-0.15, -0.1) is 0 Å². The summed E-state index contributed by atoms with van der Waals surface area (Å²) in [6, 6.07) is 0. The van der Waals surface area contributed by atoms with E-state index >= 15 is 0 Å². The third-order valence-electron chi connectivity index (χ3n) is 1.48. The van der Waals surface area contributed by atoms with Gasteiger partial charge in [0.1, 0.15) is 0 Å². The number of rotatable bonds is 3. The number of carbonyl (C=O) groups is 1. The molecule has 0 aliphatic rings. The zero-order valence-electron chi connectivity index (χ0n) is 8.16. The fourth-order valence-corrected chi connectivity index (χ4v) is 1.08. The number of hydrogen-bond acceptors (Lipinski definition) is 5. The SMILES string of the molecule is CN(C)C(=O)CNc1nc(Cl)nc(Cl)n1. The molecule has 0 atom stereocenters. The summed E-state index contributed by atoms with van der Waals surface area (Å²) >= 11 is 11.1. The molecule has 6 nitrogen and oxygen atoms in total. The normalized spacial score (nSPS) is 9.87. The Morgan fingerprint density at radius 3 is 2.27 bits per heavy atom. The number of nitrogens with zero attached hydrogens (tertiary/aromatic N) is 4. The summed E-state index contributed by atoms with van der Waals surface area (Å²) in [5, 5.41) is 2.65. The van der Waals surface area contributed by atoms with Crippen LogP contribution in [0.3, 0.4) is 0 Å². The van der Waals surface area contributed by atoms with Crippen LogP contribution in [0.25, 0.3) is 0 Å². The lowest BCUT2D eigenvalue weighted by Crippen LogP contribution is -2.29. The van der Waals surface area contributed by atoms with E-state index < -0.39 is 0 Å². The largest absolute Gasteiger partial charge is 0.347 e. The van der Waals surface area contributed by atoms with E-state index in [1.807, 2.05) is 0 Å². The number of aromatic nitrogens is 3. The smallest absolute Gasteiger partial charge is 0.241 e. The van der Waals surface area contributed by atoms with Gasteiger partial charge in [0.15, 0.2) is 0 Å². The molecule has 0 aliphatic heterocycles. The van der Waals surface area contributed by atoms with Gasteiger partial charge in [-0.2, -0.15) is 15.0 Å². The minimum atomic E-state index is -0.109. The Kier molecular flexibility index (Phi) is 4.05. The molecule has 82 valence electrons. The van der Waals surface area contributed by atoms with Crippen molar-refractivity contribution < 1.29 is 4.79 Å². The van der Waals surface area contributed by atoms with Crippen LogP contribution in [0.1, 0.15) is 0 Å². The second-order valence-electron chi connectivity index (χ2n) is 2.84. The molecule has 1 aromatic heterocycles. The van der Waals surface area contributed by atoms with Crippen molar-refractivity contribution in [2.75, 3.05) is 26.0 Å². The summed E-state index contributed by atoms with van der Waals surface area (Å²) in [6.07, 6.45) is 0. The standard InChI is InChI=1S/C7H9Cl2N5O/c1-14(2)4(15)3-10-7-12-5(8)11-6(9)13-7/h3H2,1-2H3,(H,10,11,12,13). The summed E-state index contributed by atoms with van der Waals surface area (Å²) in [7, 11) is 3.30. The first-order valence-electron chi connectivity index (χ1n) is 4.00. The molecule has 1 rings (SSSR count). The lowest BCUT2D eigenvalue weighted by atomic mass is 10.5. The van der Waals surface area contributed by atoms with Crippen LogP contribution >= 0.6 is 23.2 Å². The Morgan fingerprint density at radius 1 is 1.27 bits per heavy atom. The van der Waals surface area contributed by atoms with Crippen LogP contribution in [-0.2, 0) is 4.79 Å². The molecule has 1 aromatic rings. The van der Waals surface area contributed by atoms with E-state index in [-0.39, 0.29) is 29.0 Å². The molecule has 0 radical (unpaired) electrons. The van der Waals surface area contributed by atoms with Crippen molar-refractivity contribution in [3.8, 4) is 0 Å². The molecule has 0 saturated heterocycles. The number of carbonyl (C=O) groups excluding carboxylic acids is 1. The van der Waals surface area contributed by atoms with E-state index in [2.05, 4.69) is 20.3 Å². The Morgan fingerprint density at radius 2 is 1.80 bits per heavy atom. The van der Waals surface area contributed by atoms with Crippen LogP contribution in [0.2, 0.25) is 10.6 Å². The van der Waals surface area contributed by atoms with Crippen LogP contribution in [0, 0.1) is 0 Å².